The van der Waals surface area contributed by atoms with Crippen LogP contribution in [0.15, 0.2) is 65.2 Å². The highest BCUT2D eigenvalue weighted by Gasteiger charge is 2.12. The lowest BCUT2D eigenvalue weighted by molar-refractivity contribution is 0.669. The van der Waals surface area contributed by atoms with Crippen molar-refractivity contribution in [3.8, 4) is 11.3 Å². The Kier molecular flexibility index (Phi) is 2.36. The average Bonchev–Trinajstić information content (AvgIpc) is 2.86. The molecule has 0 unspecified atom stereocenters. The zero-order valence-electron chi connectivity index (χ0n) is 11.1. The van der Waals surface area contributed by atoms with Crippen LogP contribution in [0.4, 0.5) is 0 Å². The smallest absolute Gasteiger partial charge is 0.144 e. The van der Waals surface area contributed by atoms with E-state index in [9.17, 15) is 0 Å². The molecular formula is C18H13NO. The van der Waals surface area contributed by atoms with Crippen molar-refractivity contribution >= 4 is 21.9 Å². The molecule has 0 aliphatic heterocycles. The normalized spacial score (nSPS) is 11.2. The zero-order chi connectivity index (χ0) is 13.5. The fraction of sp³-hybridized carbons (Fsp3) is 0.0556. The van der Waals surface area contributed by atoms with Crippen molar-refractivity contribution in [2.24, 2.45) is 0 Å². The van der Waals surface area contributed by atoms with Crippen molar-refractivity contribution in [2.45, 2.75) is 6.92 Å². The van der Waals surface area contributed by atoms with Crippen LogP contribution in [0.5, 0.6) is 0 Å². The van der Waals surface area contributed by atoms with Gasteiger partial charge in [0.1, 0.15) is 11.2 Å². The summed E-state index contributed by atoms with van der Waals surface area (Å²) in [5.74, 6) is 0. The minimum atomic E-state index is 0.909. The number of benzene rings is 2. The lowest BCUT2D eigenvalue weighted by atomic mass is 10.1. The summed E-state index contributed by atoms with van der Waals surface area (Å²) in [6.07, 6.45) is 1.81. The summed E-state index contributed by atoms with van der Waals surface area (Å²) in [5, 5.41) is 2.31. The highest BCUT2D eigenvalue weighted by molar-refractivity contribution is 6.09. The van der Waals surface area contributed by atoms with Crippen LogP contribution in [-0.4, -0.2) is 4.98 Å². The number of para-hydroxylation sites is 1. The molecule has 4 aromatic rings. The van der Waals surface area contributed by atoms with E-state index in [1.165, 1.54) is 5.56 Å². The van der Waals surface area contributed by atoms with E-state index >= 15 is 0 Å². The molecule has 0 aliphatic rings. The Balaban J connectivity index is 2.11. The molecule has 0 radical (unpaired) electrons. The van der Waals surface area contributed by atoms with E-state index in [-0.39, 0.29) is 0 Å². The number of hydrogen-bond donors (Lipinski definition) is 0. The third-order valence-electron chi connectivity index (χ3n) is 3.59. The van der Waals surface area contributed by atoms with E-state index in [1.54, 1.807) is 6.20 Å². The molecule has 0 amide bonds. The van der Waals surface area contributed by atoms with E-state index in [4.69, 9.17) is 4.42 Å². The number of rotatable bonds is 1. The number of fused-ring (bicyclic) bond motifs is 3. The van der Waals surface area contributed by atoms with Crippen LogP contribution in [0.2, 0.25) is 0 Å². The van der Waals surface area contributed by atoms with Crippen LogP contribution in [0, 0.1) is 6.92 Å². The van der Waals surface area contributed by atoms with E-state index in [0.717, 1.165) is 33.2 Å². The van der Waals surface area contributed by atoms with Gasteiger partial charge in [-0.3, -0.25) is 4.98 Å². The number of hydrogen-bond acceptors (Lipinski definition) is 2. The van der Waals surface area contributed by atoms with E-state index < -0.39 is 0 Å². The van der Waals surface area contributed by atoms with Gasteiger partial charge in [0, 0.05) is 22.5 Å². The van der Waals surface area contributed by atoms with Gasteiger partial charge in [-0.15, -0.1) is 0 Å². The lowest BCUT2D eigenvalue weighted by Gasteiger charge is -2.00. The zero-order valence-corrected chi connectivity index (χ0v) is 11.1. The summed E-state index contributed by atoms with van der Waals surface area (Å²) in [4.78, 5) is 4.43. The van der Waals surface area contributed by atoms with Gasteiger partial charge in [0.25, 0.3) is 0 Å². The van der Waals surface area contributed by atoms with Crippen LogP contribution >= 0.6 is 0 Å². The SMILES string of the molecule is Cc1ccc2oc3c(-c4ccccn4)cccc3c2c1. The predicted molar refractivity (Wildman–Crippen MR) is 81.7 cm³/mol. The quantitative estimate of drug-likeness (QED) is 0.483. The van der Waals surface area contributed by atoms with Gasteiger partial charge in [0.2, 0.25) is 0 Å². The summed E-state index contributed by atoms with van der Waals surface area (Å²) in [7, 11) is 0. The van der Waals surface area contributed by atoms with Gasteiger partial charge in [-0.2, -0.15) is 0 Å². The van der Waals surface area contributed by atoms with Gasteiger partial charge >= 0.3 is 0 Å². The van der Waals surface area contributed by atoms with Crippen molar-refractivity contribution in [2.75, 3.05) is 0 Å². The Morgan fingerprint density at radius 3 is 2.70 bits per heavy atom. The summed E-state index contributed by atoms with van der Waals surface area (Å²) in [6.45, 7) is 2.10. The van der Waals surface area contributed by atoms with Crippen LogP contribution in [0.3, 0.4) is 0 Å². The maximum absolute atomic E-state index is 6.05. The first-order valence-corrected chi connectivity index (χ1v) is 6.66. The second-order valence-corrected chi connectivity index (χ2v) is 5.00. The largest absolute Gasteiger partial charge is 0.455 e. The van der Waals surface area contributed by atoms with Crippen LogP contribution in [0.25, 0.3) is 33.2 Å². The standard InChI is InChI=1S/C18H13NO/c1-12-8-9-17-15(11-12)13-5-4-6-14(18(13)20-17)16-7-2-3-10-19-16/h2-11H,1H3. The van der Waals surface area contributed by atoms with Gasteiger partial charge in [-0.1, -0.05) is 29.8 Å². The van der Waals surface area contributed by atoms with Crippen molar-refractivity contribution in [1.82, 2.24) is 4.98 Å². The number of aromatic nitrogens is 1. The molecule has 96 valence electrons. The average molecular weight is 259 g/mol. The molecule has 0 saturated heterocycles. The van der Waals surface area contributed by atoms with Crippen LogP contribution in [0.1, 0.15) is 5.56 Å². The molecule has 2 aromatic heterocycles. The molecule has 0 spiro atoms. The third kappa shape index (κ3) is 1.62. The van der Waals surface area contributed by atoms with Crippen LogP contribution in [-0.2, 0) is 0 Å². The number of nitrogens with zero attached hydrogens (tertiary/aromatic N) is 1. The Labute approximate surface area is 116 Å². The molecule has 0 saturated carbocycles. The second-order valence-electron chi connectivity index (χ2n) is 5.00. The highest BCUT2D eigenvalue weighted by Crippen LogP contribution is 2.35. The molecule has 0 atom stereocenters. The van der Waals surface area contributed by atoms with Gasteiger partial charge in [-0.25, -0.2) is 0 Å². The van der Waals surface area contributed by atoms with Gasteiger partial charge in [0.15, 0.2) is 0 Å². The van der Waals surface area contributed by atoms with Crippen molar-refractivity contribution in [3.63, 3.8) is 0 Å². The number of aryl methyl sites for hydroxylation is 1. The maximum atomic E-state index is 6.05. The van der Waals surface area contributed by atoms with Crippen molar-refractivity contribution in [1.29, 1.82) is 0 Å². The Morgan fingerprint density at radius 2 is 1.85 bits per heavy atom. The van der Waals surface area contributed by atoms with E-state index in [1.807, 2.05) is 24.3 Å². The first kappa shape index (κ1) is 11.2. The van der Waals surface area contributed by atoms with E-state index in [2.05, 4.69) is 42.2 Å². The minimum absolute atomic E-state index is 0.909. The molecule has 0 aliphatic carbocycles. The summed E-state index contributed by atoms with van der Waals surface area (Å²) in [5.41, 5.74) is 5.05. The fourth-order valence-electron chi connectivity index (χ4n) is 2.64. The molecule has 0 fully saturated rings. The highest BCUT2D eigenvalue weighted by atomic mass is 16.3. The molecule has 4 rings (SSSR count). The molecule has 0 bridgehead atoms. The summed E-state index contributed by atoms with van der Waals surface area (Å²) in [6, 6.07) is 18.4. The molecule has 2 heteroatoms. The fourth-order valence-corrected chi connectivity index (χ4v) is 2.64. The first-order chi connectivity index (χ1) is 9.83. The predicted octanol–water partition coefficient (Wildman–Crippen LogP) is 4.96. The first-order valence-electron chi connectivity index (χ1n) is 6.66. The molecular weight excluding hydrogens is 246 g/mol. The second kappa shape index (κ2) is 4.20. The number of furan rings is 1. The van der Waals surface area contributed by atoms with Gasteiger partial charge < -0.3 is 4.42 Å². The minimum Gasteiger partial charge on any atom is -0.455 e. The van der Waals surface area contributed by atoms with Crippen molar-refractivity contribution < 1.29 is 4.42 Å². The summed E-state index contributed by atoms with van der Waals surface area (Å²) < 4.78 is 6.05. The molecule has 20 heavy (non-hydrogen) atoms. The van der Waals surface area contributed by atoms with Gasteiger partial charge in [-0.05, 0) is 37.3 Å². The molecule has 2 nitrogen and oxygen atoms in total. The van der Waals surface area contributed by atoms with E-state index in [0.29, 0.717) is 0 Å². The maximum Gasteiger partial charge on any atom is 0.144 e. The molecule has 2 heterocycles. The molecule has 2 aromatic carbocycles. The Hall–Kier alpha value is -2.61. The van der Waals surface area contributed by atoms with Gasteiger partial charge in [0.05, 0.1) is 5.69 Å². The van der Waals surface area contributed by atoms with Crippen molar-refractivity contribution in [3.05, 3.63) is 66.4 Å². The monoisotopic (exact) mass is 259 g/mol. The topological polar surface area (TPSA) is 26.0 Å². The Morgan fingerprint density at radius 1 is 0.900 bits per heavy atom. The number of pyridine rings is 1. The molecule has 0 N–H and O–H groups in total. The van der Waals surface area contributed by atoms with Crippen LogP contribution < -0.4 is 0 Å². The lowest BCUT2D eigenvalue weighted by Crippen LogP contribution is -1.81. The third-order valence-corrected chi connectivity index (χ3v) is 3.59. The summed E-state index contributed by atoms with van der Waals surface area (Å²) >= 11 is 0. The Bertz CT molecular complexity index is 907.